The van der Waals surface area contributed by atoms with E-state index >= 15 is 0 Å². The highest BCUT2D eigenvalue weighted by atomic mass is 16.8. The lowest BCUT2D eigenvalue weighted by molar-refractivity contribution is 0.0297. The first-order valence-corrected chi connectivity index (χ1v) is 6.25. The molecule has 1 heterocycles. The van der Waals surface area contributed by atoms with Crippen LogP contribution in [0.4, 0.5) is 0 Å². The van der Waals surface area contributed by atoms with Crippen LogP contribution in [0.3, 0.4) is 0 Å². The highest BCUT2D eigenvalue weighted by molar-refractivity contribution is 5.89. The van der Waals surface area contributed by atoms with E-state index in [0.29, 0.717) is 5.56 Å². The molecule has 1 aliphatic rings. The van der Waals surface area contributed by atoms with Crippen LogP contribution in [0.1, 0.15) is 36.5 Å². The van der Waals surface area contributed by atoms with Gasteiger partial charge in [-0.15, -0.1) is 0 Å². The van der Waals surface area contributed by atoms with Crippen molar-refractivity contribution in [3.63, 3.8) is 0 Å². The van der Waals surface area contributed by atoms with Gasteiger partial charge in [0.15, 0.2) is 0 Å². The molecule has 0 bridgehead atoms. The van der Waals surface area contributed by atoms with Crippen LogP contribution in [-0.2, 0) is 9.47 Å². The average molecular weight is 250 g/mol. The summed E-state index contributed by atoms with van der Waals surface area (Å²) in [7, 11) is 1.59. The minimum Gasteiger partial charge on any atom is -0.497 e. The van der Waals surface area contributed by atoms with Gasteiger partial charge in [-0.1, -0.05) is 19.8 Å². The maximum absolute atomic E-state index is 11.8. The number of carbonyl (C=O) groups excluding carboxylic acids is 1. The van der Waals surface area contributed by atoms with E-state index in [0.717, 1.165) is 25.0 Å². The molecule has 0 aliphatic carbocycles. The van der Waals surface area contributed by atoms with Gasteiger partial charge in [-0.25, -0.2) is 4.79 Å². The number of esters is 1. The fourth-order valence-corrected chi connectivity index (χ4v) is 1.74. The lowest BCUT2D eigenvalue weighted by atomic mass is 10.2. The molecule has 1 saturated heterocycles. The lowest BCUT2D eigenvalue weighted by Gasteiger charge is -2.03. The molecule has 2 atom stereocenters. The van der Waals surface area contributed by atoms with Crippen LogP contribution < -0.4 is 4.74 Å². The summed E-state index contributed by atoms with van der Waals surface area (Å²) < 4.78 is 15.5. The van der Waals surface area contributed by atoms with Crippen LogP contribution in [0, 0.1) is 0 Å². The van der Waals surface area contributed by atoms with Gasteiger partial charge in [-0.05, 0) is 30.7 Å². The fourth-order valence-electron chi connectivity index (χ4n) is 1.74. The van der Waals surface area contributed by atoms with Gasteiger partial charge in [0.2, 0.25) is 6.29 Å². The second kappa shape index (κ2) is 5.87. The van der Waals surface area contributed by atoms with Gasteiger partial charge >= 0.3 is 5.97 Å². The Labute approximate surface area is 107 Å². The number of benzene rings is 1. The predicted octanol–water partition coefficient (Wildman–Crippen LogP) is 2.77. The molecule has 0 saturated carbocycles. The second-order valence-electron chi connectivity index (χ2n) is 4.32. The van der Waals surface area contributed by atoms with Gasteiger partial charge in [-0.2, -0.15) is 0 Å². The van der Waals surface area contributed by atoms with Gasteiger partial charge in [0, 0.05) is 0 Å². The van der Waals surface area contributed by atoms with Crippen LogP contribution in [0.15, 0.2) is 24.3 Å². The van der Waals surface area contributed by atoms with Crippen molar-refractivity contribution in [2.75, 3.05) is 7.11 Å². The topological polar surface area (TPSA) is 48.1 Å². The molecule has 18 heavy (non-hydrogen) atoms. The summed E-state index contributed by atoms with van der Waals surface area (Å²) in [5.41, 5.74) is 0.514. The first-order chi connectivity index (χ1) is 8.74. The number of rotatable bonds is 6. The molecule has 0 amide bonds. The molecular formula is C14H18O4. The molecule has 1 fully saturated rings. The number of unbranched alkanes of at least 4 members (excludes halogenated alkanes) is 1. The van der Waals surface area contributed by atoms with E-state index in [4.69, 9.17) is 14.2 Å². The maximum Gasteiger partial charge on any atom is 0.340 e. The number of ether oxygens (including phenoxy) is 3. The molecule has 4 heteroatoms. The minimum absolute atomic E-state index is 0.0900. The summed E-state index contributed by atoms with van der Waals surface area (Å²) in [4.78, 5) is 11.8. The Morgan fingerprint density at radius 2 is 2.06 bits per heavy atom. The Morgan fingerprint density at radius 1 is 1.33 bits per heavy atom. The zero-order valence-corrected chi connectivity index (χ0v) is 10.7. The van der Waals surface area contributed by atoms with Crippen molar-refractivity contribution in [2.24, 2.45) is 0 Å². The quantitative estimate of drug-likeness (QED) is 0.575. The van der Waals surface area contributed by atoms with Crippen molar-refractivity contribution in [1.29, 1.82) is 0 Å². The first kappa shape index (κ1) is 12.9. The summed E-state index contributed by atoms with van der Waals surface area (Å²) in [5, 5.41) is 0. The summed E-state index contributed by atoms with van der Waals surface area (Å²) >= 11 is 0. The fraction of sp³-hybridized carbons (Fsp3) is 0.500. The molecule has 2 rings (SSSR count). The van der Waals surface area contributed by atoms with E-state index in [1.54, 1.807) is 31.4 Å². The van der Waals surface area contributed by atoms with E-state index in [2.05, 4.69) is 6.92 Å². The highest BCUT2D eigenvalue weighted by Crippen LogP contribution is 2.29. The lowest BCUT2D eigenvalue weighted by Crippen LogP contribution is -2.09. The standard InChI is InChI=1S/C14H18O4/c1-3-4-5-12-14(17-12)18-13(15)10-6-8-11(16-2)9-7-10/h6-9,12,14H,3-5H2,1-2H3/t12-,14+/m1/s1. The van der Waals surface area contributed by atoms with E-state index in [-0.39, 0.29) is 18.4 Å². The summed E-state index contributed by atoms with van der Waals surface area (Å²) in [6, 6.07) is 6.84. The third kappa shape index (κ3) is 3.23. The van der Waals surface area contributed by atoms with Crippen LogP contribution >= 0.6 is 0 Å². The van der Waals surface area contributed by atoms with Crippen LogP contribution in [0.25, 0.3) is 0 Å². The molecule has 98 valence electrons. The van der Waals surface area contributed by atoms with Gasteiger partial charge in [-0.3, -0.25) is 0 Å². The zero-order chi connectivity index (χ0) is 13.0. The Hall–Kier alpha value is -1.55. The third-order valence-electron chi connectivity index (χ3n) is 2.93. The van der Waals surface area contributed by atoms with Gasteiger partial charge in [0.05, 0.1) is 12.7 Å². The molecule has 0 N–H and O–H groups in total. The molecule has 1 aromatic rings. The van der Waals surface area contributed by atoms with Crippen LogP contribution in [0.2, 0.25) is 0 Å². The monoisotopic (exact) mass is 250 g/mol. The summed E-state index contributed by atoms with van der Waals surface area (Å²) in [6.45, 7) is 2.13. The number of carbonyl (C=O) groups is 1. The Balaban J connectivity index is 1.81. The Kier molecular flexibility index (Phi) is 4.20. The molecule has 1 aliphatic heterocycles. The first-order valence-electron chi connectivity index (χ1n) is 6.25. The van der Waals surface area contributed by atoms with Crippen molar-refractivity contribution in [3.05, 3.63) is 29.8 Å². The van der Waals surface area contributed by atoms with E-state index in [1.807, 2.05) is 0 Å². The van der Waals surface area contributed by atoms with E-state index in [9.17, 15) is 4.79 Å². The third-order valence-corrected chi connectivity index (χ3v) is 2.93. The Bertz CT molecular complexity index is 399. The largest absolute Gasteiger partial charge is 0.497 e. The zero-order valence-electron chi connectivity index (χ0n) is 10.7. The minimum atomic E-state index is -0.355. The number of hydrogen-bond donors (Lipinski definition) is 0. The second-order valence-corrected chi connectivity index (χ2v) is 4.32. The molecule has 0 radical (unpaired) electrons. The Morgan fingerprint density at radius 3 is 2.67 bits per heavy atom. The number of epoxide rings is 1. The normalized spacial score (nSPS) is 21.4. The molecule has 0 aromatic heterocycles. The van der Waals surface area contributed by atoms with Crippen LogP contribution in [-0.4, -0.2) is 25.5 Å². The van der Waals surface area contributed by atoms with E-state index < -0.39 is 0 Å². The van der Waals surface area contributed by atoms with Crippen molar-refractivity contribution < 1.29 is 19.0 Å². The summed E-state index contributed by atoms with van der Waals surface area (Å²) in [5.74, 6) is 0.372. The number of hydrogen-bond acceptors (Lipinski definition) is 4. The van der Waals surface area contributed by atoms with E-state index in [1.165, 1.54) is 0 Å². The van der Waals surface area contributed by atoms with Gasteiger partial charge < -0.3 is 14.2 Å². The van der Waals surface area contributed by atoms with Crippen molar-refractivity contribution in [1.82, 2.24) is 0 Å². The van der Waals surface area contributed by atoms with Crippen molar-refractivity contribution >= 4 is 5.97 Å². The molecule has 0 spiro atoms. The maximum atomic E-state index is 11.8. The smallest absolute Gasteiger partial charge is 0.340 e. The highest BCUT2D eigenvalue weighted by Gasteiger charge is 2.41. The average Bonchev–Trinajstić information content (AvgIpc) is 3.14. The predicted molar refractivity (Wildman–Crippen MR) is 66.6 cm³/mol. The molecule has 0 unspecified atom stereocenters. The molecule has 1 aromatic carbocycles. The van der Waals surface area contributed by atoms with Crippen molar-refractivity contribution in [3.8, 4) is 5.75 Å². The molecule has 4 nitrogen and oxygen atoms in total. The van der Waals surface area contributed by atoms with Crippen LogP contribution in [0.5, 0.6) is 5.75 Å². The summed E-state index contributed by atoms with van der Waals surface area (Å²) in [6.07, 6.45) is 2.91. The SMILES string of the molecule is CCCC[C@H]1O[C@H]1OC(=O)c1ccc(OC)cc1. The van der Waals surface area contributed by atoms with Gasteiger partial charge in [0.1, 0.15) is 11.9 Å². The molecular weight excluding hydrogens is 232 g/mol. The van der Waals surface area contributed by atoms with Crippen molar-refractivity contribution in [2.45, 2.75) is 38.6 Å². The number of methoxy groups -OCH3 is 1. The van der Waals surface area contributed by atoms with Gasteiger partial charge in [0.25, 0.3) is 0 Å².